The Morgan fingerprint density at radius 1 is 0.759 bits per heavy atom. The fourth-order valence-electron chi connectivity index (χ4n) is 3.41. The van der Waals surface area contributed by atoms with Crippen LogP contribution in [0.3, 0.4) is 0 Å². The second-order valence-corrected chi connectivity index (χ2v) is 8.19. The predicted molar refractivity (Wildman–Crippen MR) is 121 cm³/mol. The maximum atomic E-state index is 11.6. The van der Waals surface area contributed by atoms with Crippen LogP contribution in [0.5, 0.6) is 0 Å². The topological polar surface area (TPSA) is 63.6 Å². The zero-order chi connectivity index (χ0) is 21.6. The first-order valence-electron chi connectivity index (χ1n) is 12.1. The normalized spacial score (nSPS) is 12.3. The van der Waals surface area contributed by atoms with E-state index in [-0.39, 0.29) is 12.4 Å². The molecule has 4 heteroatoms. The van der Waals surface area contributed by atoms with E-state index in [9.17, 15) is 14.7 Å². The molecule has 170 valence electrons. The number of hydrogen-bond donors (Lipinski definition) is 1. The number of carboxylic acids is 1. The Balaban J connectivity index is 3.47. The number of carbonyl (C=O) groups excluding carboxylic acids is 1. The van der Waals surface area contributed by atoms with Gasteiger partial charge in [-0.2, -0.15) is 0 Å². The number of carboxylic acid groups (broad SMARTS) is 1. The van der Waals surface area contributed by atoms with Crippen LogP contribution in [-0.2, 0) is 14.3 Å². The lowest BCUT2D eigenvalue weighted by Crippen LogP contribution is -2.19. The van der Waals surface area contributed by atoms with Crippen molar-refractivity contribution in [1.82, 2.24) is 0 Å². The molecule has 29 heavy (non-hydrogen) atoms. The predicted octanol–water partition coefficient (Wildman–Crippen LogP) is 7.46. The summed E-state index contributed by atoms with van der Waals surface area (Å²) in [4.78, 5) is 22.9. The van der Waals surface area contributed by atoms with Crippen molar-refractivity contribution in [2.24, 2.45) is 5.92 Å². The van der Waals surface area contributed by atoms with Gasteiger partial charge in [-0.1, -0.05) is 96.6 Å². The van der Waals surface area contributed by atoms with E-state index in [0.29, 0.717) is 13.0 Å². The molecule has 0 fully saturated rings. The van der Waals surface area contributed by atoms with E-state index >= 15 is 0 Å². The van der Waals surface area contributed by atoms with Gasteiger partial charge in [-0.05, 0) is 32.1 Å². The molecule has 4 nitrogen and oxygen atoms in total. The summed E-state index contributed by atoms with van der Waals surface area (Å²) in [6.07, 6.45) is 23.3. The molecule has 0 saturated heterocycles. The lowest BCUT2D eigenvalue weighted by atomic mass is 9.97. The number of carbonyl (C=O) groups is 2. The fraction of sp³-hybridized carbons (Fsp3) is 0.840. The van der Waals surface area contributed by atoms with Crippen molar-refractivity contribution in [2.75, 3.05) is 6.61 Å². The highest BCUT2D eigenvalue weighted by Crippen LogP contribution is 2.17. The fourth-order valence-corrected chi connectivity index (χ4v) is 3.41. The number of rotatable bonds is 21. The maximum Gasteiger partial charge on any atom is 0.307 e. The van der Waals surface area contributed by atoms with Crippen LogP contribution in [0.2, 0.25) is 0 Å². The van der Waals surface area contributed by atoms with Crippen LogP contribution in [0.4, 0.5) is 0 Å². The third kappa shape index (κ3) is 19.8. The minimum atomic E-state index is -0.880. The highest BCUT2D eigenvalue weighted by molar-refractivity contribution is 5.78. The standard InChI is InChI=1S/C25H46O4/c1-3-5-6-7-8-9-10-11-12-13-14-15-16-17-18-19-20-23(25(27)28)22-24(26)29-21-4-2/h7-8,23H,3-6,9-22H2,1-2H3,(H,27,28)/b8-7+. The number of hydrogen-bond acceptors (Lipinski definition) is 3. The smallest absolute Gasteiger partial charge is 0.307 e. The third-order valence-electron chi connectivity index (χ3n) is 5.29. The number of esters is 1. The number of ether oxygens (including phenoxy) is 1. The highest BCUT2D eigenvalue weighted by atomic mass is 16.5. The van der Waals surface area contributed by atoms with Crippen molar-refractivity contribution in [1.29, 1.82) is 0 Å². The molecule has 0 rings (SSSR count). The van der Waals surface area contributed by atoms with Gasteiger partial charge in [0.2, 0.25) is 0 Å². The number of allylic oxidation sites excluding steroid dienone is 2. The molecular formula is C25H46O4. The molecular weight excluding hydrogens is 364 g/mol. The SMILES string of the molecule is CCCC/C=C/CCCCCCCCCCCCC(CC(=O)OCCC)C(=O)O. The minimum Gasteiger partial charge on any atom is -0.481 e. The zero-order valence-corrected chi connectivity index (χ0v) is 19.1. The van der Waals surface area contributed by atoms with E-state index in [1.807, 2.05) is 6.92 Å². The van der Waals surface area contributed by atoms with Crippen LogP contribution >= 0.6 is 0 Å². The molecule has 0 aliphatic heterocycles. The summed E-state index contributed by atoms with van der Waals surface area (Å²) in [7, 11) is 0. The molecule has 0 aromatic rings. The largest absolute Gasteiger partial charge is 0.481 e. The number of aliphatic carboxylic acids is 1. The zero-order valence-electron chi connectivity index (χ0n) is 19.1. The Morgan fingerprint density at radius 3 is 1.79 bits per heavy atom. The summed E-state index contributed by atoms with van der Waals surface area (Å²) in [6.45, 7) is 4.54. The second kappa shape index (κ2) is 21.4. The van der Waals surface area contributed by atoms with Gasteiger partial charge in [-0.15, -0.1) is 0 Å². The van der Waals surface area contributed by atoms with Crippen molar-refractivity contribution in [3.05, 3.63) is 12.2 Å². The average Bonchev–Trinajstić information content (AvgIpc) is 2.70. The monoisotopic (exact) mass is 410 g/mol. The second-order valence-electron chi connectivity index (χ2n) is 8.19. The average molecular weight is 411 g/mol. The van der Waals surface area contributed by atoms with Gasteiger partial charge >= 0.3 is 11.9 Å². The summed E-state index contributed by atoms with van der Waals surface area (Å²) >= 11 is 0. The molecule has 0 bridgehead atoms. The van der Waals surface area contributed by atoms with Crippen LogP contribution in [-0.4, -0.2) is 23.7 Å². The Morgan fingerprint density at radius 2 is 1.28 bits per heavy atom. The molecule has 0 saturated carbocycles. The Kier molecular flexibility index (Phi) is 20.4. The lowest BCUT2D eigenvalue weighted by Gasteiger charge is -2.11. The maximum absolute atomic E-state index is 11.6. The van der Waals surface area contributed by atoms with Crippen LogP contribution in [0.1, 0.15) is 123 Å². The first-order chi connectivity index (χ1) is 14.1. The van der Waals surface area contributed by atoms with E-state index in [0.717, 1.165) is 25.7 Å². The van der Waals surface area contributed by atoms with Crippen molar-refractivity contribution in [2.45, 2.75) is 123 Å². The van der Waals surface area contributed by atoms with Crippen LogP contribution in [0.25, 0.3) is 0 Å². The highest BCUT2D eigenvalue weighted by Gasteiger charge is 2.21. The summed E-state index contributed by atoms with van der Waals surface area (Å²) in [5, 5.41) is 9.26. The van der Waals surface area contributed by atoms with E-state index in [1.165, 1.54) is 70.6 Å². The van der Waals surface area contributed by atoms with Crippen molar-refractivity contribution in [3.8, 4) is 0 Å². The van der Waals surface area contributed by atoms with Gasteiger partial charge < -0.3 is 9.84 Å². The molecule has 0 spiro atoms. The van der Waals surface area contributed by atoms with E-state index < -0.39 is 11.9 Å². The molecule has 1 atom stereocenters. The number of unbranched alkanes of at least 4 members (excludes halogenated alkanes) is 12. The first-order valence-corrected chi connectivity index (χ1v) is 12.1. The van der Waals surface area contributed by atoms with Crippen molar-refractivity contribution >= 4 is 11.9 Å². The van der Waals surface area contributed by atoms with Gasteiger partial charge in [-0.25, -0.2) is 0 Å². The van der Waals surface area contributed by atoms with E-state index in [1.54, 1.807) is 0 Å². The van der Waals surface area contributed by atoms with E-state index in [4.69, 9.17) is 4.74 Å². The lowest BCUT2D eigenvalue weighted by molar-refractivity contribution is -0.151. The van der Waals surface area contributed by atoms with Gasteiger partial charge in [0.05, 0.1) is 18.9 Å². The van der Waals surface area contributed by atoms with Gasteiger partial charge in [0.25, 0.3) is 0 Å². The van der Waals surface area contributed by atoms with E-state index in [2.05, 4.69) is 19.1 Å². The van der Waals surface area contributed by atoms with Crippen LogP contribution in [0.15, 0.2) is 12.2 Å². The van der Waals surface area contributed by atoms with Crippen molar-refractivity contribution in [3.63, 3.8) is 0 Å². The third-order valence-corrected chi connectivity index (χ3v) is 5.29. The molecule has 0 aromatic heterocycles. The molecule has 0 amide bonds. The molecule has 1 unspecified atom stereocenters. The Hall–Kier alpha value is -1.32. The molecule has 0 aromatic carbocycles. The van der Waals surface area contributed by atoms with Gasteiger partial charge in [-0.3, -0.25) is 9.59 Å². The summed E-state index contributed by atoms with van der Waals surface area (Å²) in [6, 6.07) is 0. The summed E-state index contributed by atoms with van der Waals surface area (Å²) in [5.41, 5.74) is 0. The van der Waals surface area contributed by atoms with Crippen LogP contribution in [0, 0.1) is 5.92 Å². The van der Waals surface area contributed by atoms with Gasteiger partial charge in [0.15, 0.2) is 0 Å². The van der Waals surface area contributed by atoms with Crippen LogP contribution < -0.4 is 0 Å². The Labute approximate surface area is 179 Å². The quantitative estimate of drug-likeness (QED) is 0.121. The minimum absolute atomic E-state index is 0.00383. The first kappa shape index (κ1) is 27.7. The molecule has 1 N–H and O–H groups in total. The molecule has 0 radical (unpaired) electrons. The Bertz CT molecular complexity index is 417. The molecule has 0 aliphatic rings. The molecule has 0 aliphatic carbocycles. The molecule has 0 heterocycles. The van der Waals surface area contributed by atoms with Gasteiger partial charge in [0, 0.05) is 0 Å². The van der Waals surface area contributed by atoms with Gasteiger partial charge in [0.1, 0.15) is 0 Å². The van der Waals surface area contributed by atoms with Crippen molar-refractivity contribution < 1.29 is 19.4 Å². The summed E-state index contributed by atoms with van der Waals surface area (Å²) < 4.78 is 5.00. The summed E-state index contributed by atoms with van der Waals surface area (Å²) in [5.74, 6) is -1.86.